The number of hydrogen-bond donors (Lipinski definition) is 1. The molecule has 1 aliphatic heterocycles. The Morgan fingerprint density at radius 3 is 2.62 bits per heavy atom. The van der Waals surface area contributed by atoms with E-state index in [4.69, 9.17) is 9.15 Å². The standard InChI is InChI=1S/C16H18N2O5S/c1-12-2-3-14(17-16(19)13-4-7-23-11-13)10-15(12)24(20,21)18-5-8-22-9-6-18/h2-4,7,10-11H,5-6,8-9H2,1H3,(H,17,19). The summed E-state index contributed by atoms with van der Waals surface area (Å²) in [5, 5.41) is 2.68. The minimum atomic E-state index is -3.62. The van der Waals surface area contributed by atoms with Crippen LogP contribution in [0.5, 0.6) is 0 Å². The molecule has 1 aromatic heterocycles. The number of nitrogens with one attached hydrogen (secondary N) is 1. The van der Waals surface area contributed by atoms with Gasteiger partial charge in [-0.2, -0.15) is 4.31 Å². The number of hydrogen-bond acceptors (Lipinski definition) is 5. The zero-order chi connectivity index (χ0) is 17.2. The normalized spacial score (nSPS) is 16.0. The maximum atomic E-state index is 12.8. The van der Waals surface area contributed by atoms with Gasteiger partial charge in [0, 0.05) is 18.8 Å². The molecule has 1 N–H and O–H groups in total. The molecule has 1 aliphatic rings. The number of sulfonamides is 1. The lowest BCUT2D eigenvalue weighted by Crippen LogP contribution is -2.40. The highest BCUT2D eigenvalue weighted by atomic mass is 32.2. The van der Waals surface area contributed by atoms with E-state index in [1.54, 1.807) is 19.1 Å². The van der Waals surface area contributed by atoms with Gasteiger partial charge in [-0.05, 0) is 30.7 Å². The smallest absolute Gasteiger partial charge is 0.258 e. The van der Waals surface area contributed by atoms with Crippen LogP contribution in [0.4, 0.5) is 5.69 Å². The van der Waals surface area contributed by atoms with E-state index in [-0.39, 0.29) is 10.8 Å². The maximum Gasteiger partial charge on any atom is 0.258 e. The Bertz CT molecular complexity index is 824. The van der Waals surface area contributed by atoms with Crippen LogP contribution in [0.25, 0.3) is 0 Å². The zero-order valence-electron chi connectivity index (χ0n) is 13.2. The number of anilines is 1. The number of aryl methyl sites for hydroxylation is 1. The summed E-state index contributed by atoms with van der Waals surface area (Å²) in [7, 11) is -3.62. The van der Waals surface area contributed by atoms with Crippen molar-refractivity contribution in [3.05, 3.63) is 47.9 Å². The van der Waals surface area contributed by atoms with Crippen LogP contribution in [0.2, 0.25) is 0 Å². The van der Waals surface area contributed by atoms with E-state index in [2.05, 4.69) is 5.32 Å². The number of amides is 1. The summed E-state index contributed by atoms with van der Waals surface area (Å²) in [6.07, 6.45) is 2.73. The van der Waals surface area contributed by atoms with Crippen LogP contribution in [-0.4, -0.2) is 44.9 Å². The number of rotatable bonds is 4. The van der Waals surface area contributed by atoms with E-state index in [1.165, 1.54) is 29.0 Å². The van der Waals surface area contributed by atoms with Crippen LogP contribution in [0.3, 0.4) is 0 Å². The molecule has 0 saturated carbocycles. The lowest BCUT2D eigenvalue weighted by atomic mass is 10.2. The lowest BCUT2D eigenvalue weighted by Gasteiger charge is -2.26. The van der Waals surface area contributed by atoms with E-state index in [0.29, 0.717) is 43.1 Å². The van der Waals surface area contributed by atoms with Crippen LogP contribution < -0.4 is 5.32 Å². The minimum absolute atomic E-state index is 0.189. The Balaban J connectivity index is 1.87. The van der Waals surface area contributed by atoms with E-state index >= 15 is 0 Å². The molecule has 2 heterocycles. The summed E-state index contributed by atoms with van der Waals surface area (Å²) in [5.74, 6) is -0.359. The molecular formula is C16H18N2O5S. The molecule has 3 rings (SSSR count). The molecule has 2 aromatic rings. The van der Waals surface area contributed by atoms with Crippen LogP contribution >= 0.6 is 0 Å². The second-order valence-electron chi connectivity index (χ2n) is 5.46. The quantitative estimate of drug-likeness (QED) is 0.909. The van der Waals surface area contributed by atoms with Crippen molar-refractivity contribution < 1.29 is 22.4 Å². The molecule has 1 fully saturated rings. The van der Waals surface area contributed by atoms with Crippen molar-refractivity contribution in [2.45, 2.75) is 11.8 Å². The molecule has 0 spiro atoms. The van der Waals surface area contributed by atoms with Gasteiger partial charge in [-0.1, -0.05) is 6.07 Å². The molecule has 0 aliphatic carbocycles. The third-order valence-electron chi connectivity index (χ3n) is 3.82. The van der Waals surface area contributed by atoms with Gasteiger partial charge in [0.15, 0.2) is 0 Å². The van der Waals surface area contributed by atoms with E-state index in [0.717, 1.165) is 0 Å². The van der Waals surface area contributed by atoms with Crippen molar-refractivity contribution in [2.24, 2.45) is 0 Å². The predicted molar refractivity (Wildman–Crippen MR) is 87.4 cm³/mol. The van der Waals surface area contributed by atoms with Gasteiger partial charge >= 0.3 is 0 Å². The van der Waals surface area contributed by atoms with E-state index in [1.807, 2.05) is 0 Å². The number of nitrogens with zero attached hydrogens (tertiary/aromatic N) is 1. The number of furan rings is 1. The number of benzene rings is 1. The average molecular weight is 350 g/mol. The topological polar surface area (TPSA) is 88.8 Å². The van der Waals surface area contributed by atoms with Gasteiger partial charge < -0.3 is 14.5 Å². The van der Waals surface area contributed by atoms with Crippen molar-refractivity contribution >= 4 is 21.6 Å². The molecule has 0 bridgehead atoms. The molecule has 0 atom stereocenters. The number of carbonyl (C=O) groups excluding carboxylic acids is 1. The second-order valence-corrected chi connectivity index (χ2v) is 7.37. The molecule has 8 heteroatoms. The summed E-state index contributed by atoms with van der Waals surface area (Å²) in [6.45, 7) is 3.15. The number of morpholine rings is 1. The van der Waals surface area contributed by atoms with Crippen molar-refractivity contribution in [1.82, 2.24) is 4.31 Å². The Hall–Kier alpha value is -2.16. The first kappa shape index (κ1) is 16.7. The molecule has 7 nitrogen and oxygen atoms in total. The van der Waals surface area contributed by atoms with Crippen molar-refractivity contribution in [3.8, 4) is 0 Å². The third-order valence-corrected chi connectivity index (χ3v) is 5.86. The first-order chi connectivity index (χ1) is 11.5. The third kappa shape index (κ3) is 3.35. The van der Waals surface area contributed by atoms with Crippen molar-refractivity contribution in [2.75, 3.05) is 31.6 Å². The summed E-state index contributed by atoms with van der Waals surface area (Å²) >= 11 is 0. The summed E-state index contributed by atoms with van der Waals surface area (Å²) in [6, 6.07) is 6.37. The van der Waals surface area contributed by atoms with Gasteiger partial charge in [0.2, 0.25) is 10.0 Å². The van der Waals surface area contributed by atoms with Gasteiger partial charge in [-0.3, -0.25) is 4.79 Å². The predicted octanol–water partition coefficient (Wildman–Crippen LogP) is 1.86. The Kier molecular flexibility index (Phi) is 4.70. The first-order valence-electron chi connectivity index (χ1n) is 7.50. The molecule has 1 amide bonds. The fourth-order valence-electron chi connectivity index (χ4n) is 2.48. The van der Waals surface area contributed by atoms with E-state index in [9.17, 15) is 13.2 Å². The van der Waals surface area contributed by atoms with E-state index < -0.39 is 10.0 Å². The van der Waals surface area contributed by atoms with Crippen molar-refractivity contribution in [3.63, 3.8) is 0 Å². The monoisotopic (exact) mass is 350 g/mol. The van der Waals surface area contributed by atoms with Gasteiger partial charge in [-0.15, -0.1) is 0 Å². The van der Waals surface area contributed by atoms with Crippen LogP contribution in [0, 0.1) is 6.92 Å². The summed E-state index contributed by atoms with van der Waals surface area (Å²) in [5.41, 5.74) is 1.41. The number of carbonyl (C=O) groups is 1. The minimum Gasteiger partial charge on any atom is -0.472 e. The second kappa shape index (κ2) is 6.76. The first-order valence-corrected chi connectivity index (χ1v) is 8.94. The van der Waals surface area contributed by atoms with Gasteiger partial charge in [0.05, 0.1) is 29.9 Å². The highest BCUT2D eigenvalue weighted by Gasteiger charge is 2.28. The number of ether oxygens (including phenoxy) is 1. The van der Waals surface area contributed by atoms with Gasteiger partial charge in [0.25, 0.3) is 5.91 Å². The average Bonchev–Trinajstić information content (AvgIpc) is 3.12. The molecule has 0 unspecified atom stereocenters. The maximum absolute atomic E-state index is 12.8. The molecular weight excluding hydrogens is 332 g/mol. The highest BCUT2D eigenvalue weighted by molar-refractivity contribution is 7.89. The highest BCUT2D eigenvalue weighted by Crippen LogP contribution is 2.24. The summed E-state index contributed by atoms with van der Waals surface area (Å²) in [4.78, 5) is 12.3. The largest absolute Gasteiger partial charge is 0.472 e. The molecule has 1 aromatic carbocycles. The lowest BCUT2D eigenvalue weighted by molar-refractivity contribution is 0.0730. The van der Waals surface area contributed by atoms with Gasteiger partial charge in [-0.25, -0.2) is 8.42 Å². The van der Waals surface area contributed by atoms with Gasteiger partial charge in [0.1, 0.15) is 6.26 Å². The van der Waals surface area contributed by atoms with Crippen LogP contribution in [-0.2, 0) is 14.8 Å². The Labute approximate surface area is 140 Å². The Morgan fingerprint density at radius 1 is 1.21 bits per heavy atom. The zero-order valence-corrected chi connectivity index (χ0v) is 14.0. The molecule has 0 radical (unpaired) electrons. The molecule has 24 heavy (non-hydrogen) atoms. The Morgan fingerprint density at radius 2 is 1.96 bits per heavy atom. The molecule has 1 saturated heterocycles. The summed E-state index contributed by atoms with van der Waals surface area (Å²) < 4.78 is 37.1. The SMILES string of the molecule is Cc1ccc(NC(=O)c2ccoc2)cc1S(=O)(=O)N1CCOCC1. The molecule has 128 valence electrons. The van der Waals surface area contributed by atoms with Crippen molar-refractivity contribution in [1.29, 1.82) is 0 Å². The fraction of sp³-hybridized carbons (Fsp3) is 0.312. The van der Waals surface area contributed by atoms with Crippen LogP contribution in [0.15, 0.2) is 46.1 Å². The fourth-order valence-corrected chi connectivity index (χ4v) is 4.14. The van der Waals surface area contributed by atoms with Crippen LogP contribution in [0.1, 0.15) is 15.9 Å².